The molecule has 0 unspecified atom stereocenters. The molecule has 0 bridgehead atoms. The number of amides is 1. The number of hydrazine groups is 2. The van der Waals surface area contributed by atoms with Crippen LogP contribution in [0.5, 0.6) is 0 Å². The third kappa shape index (κ3) is 1.34. The van der Waals surface area contributed by atoms with Gasteiger partial charge in [0.05, 0.1) is 11.4 Å². The van der Waals surface area contributed by atoms with E-state index in [1.165, 1.54) is 0 Å². The van der Waals surface area contributed by atoms with Gasteiger partial charge < -0.3 is 5.11 Å². The van der Waals surface area contributed by atoms with Crippen molar-refractivity contribution in [3.05, 3.63) is 64.5 Å². The van der Waals surface area contributed by atoms with Gasteiger partial charge in [0.1, 0.15) is 0 Å². The molecule has 0 aliphatic carbocycles. The summed E-state index contributed by atoms with van der Waals surface area (Å²) >= 11 is 0. The minimum absolute atomic E-state index is 0.862. The molecule has 0 spiro atoms. The Bertz CT molecular complexity index is 844. The number of rotatable bonds is 0. The monoisotopic (exact) mass is 265 g/mol. The molecular formula is C15H11N3O2. The molecule has 2 aliphatic heterocycles. The molecule has 0 aromatic heterocycles. The van der Waals surface area contributed by atoms with Crippen LogP contribution in [0.25, 0.3) is 11.9 Å². The SMILES string of the molecule is O=C(O)N1C=c2ccccc2=C2c3ccccc3NN21. The largest absolute Gasteiger partial charge is 0.463 e. The number of carbonyl (C=O) groups is 1. The first-order valence-electron chi connectivity index (χ1n) is 6.25. The first-order valence-corrected chi connectivity index (χ1v) is 6.25. The fourth-order valence-electron chi connectivity index (χ4n) is 2.65. The highest BCUT2D eigenvalue weighted by Crippen LogP contribution is 2.33. The molecule has 0 saturated carbocycles. The normalized spacial score (nSPS) is 14.9. The second-order valence-electron chi connectivity index (χ2n) is 4.66. The number of benzene rings is 2. The van der Waals surface area contributed by atoms with Gasteiger partial charge in [0.15, 0.2) is 0 Å². The Morgan fingerprint density at radius 1 is 1.05 bits per heavy atom. The fraction of sp³-hybridized carbons (Fsp3) is 0. The van der Waals surface area contributed by atoms with E-state index in [0.717, 1.165) is 32.4 Å². The van der Waals surface area contributed by atoms with Gasteiger partial charge in [-0.15, -0.1) is 0 Å². The second-order valence-corrected chi connectivity index (χ2v) is 4.66. The van der Waals surface area contributed by atoms with Crippen LogP contribution in [0.2, 0.25) is 0 Å². The highest BCUT2D eigenvalue weighted by molar-refractivity contribution is 5.84. The zero-order valence-corrected chi connectivity index (χ0v) is 10.4. The number of carboxylic acid groups (broad SMARTS) is 1. The minimum atomic E-state index is -1.03. The van der Waals surface area contributed by atoms with Gasteiger partial charge in [-0.2, -0.15) is 10.1 Å². The molecule has 5 heteroatoms. The summed E-state index contributed by atoms with van der Waals surface area (Å²) in [5, 5.41) is 14.0. The van der Waals surface area contributed by atoms with Gasteiger partial charge in [-0.3, -0.25) is 5.43 Å². The standard InChI is InChI=1S/C15H11N3O2/c19-15(20)17-9-10-5-1-2-6-11(10)14-12-7-3-4-8-13(12)16-18(14)17/h1-9,16H,(H,19,20). The maximum absolute atomic E-state index is 11.5. The summed E-state index contributed by atoms with van der Waals surface area (Å²) in [5.41, 5.74) is 5.88. The summed E-state index contributed by atoms with van der Waals surface area (Å²) in [7, 11) is 0. The topological polar surface area (TPSA) is 55.8 Å². The smallest absolute Gasteiger partial charge is 0.432 e. The lowest BCUT2D eigenvalue weighted by Gasteiger charge is -2.31. The second kappa shape index (κ2) is 3.77. The van der Waals surface area contributed by atoms with E-state index in [4.69, 9.17) is 0 Å². The van der Waals surface area contributed by atoms with Crippen molar-refractivity contribution in [1.82, 2.24) is 10.1 Å². The van der Waals surface area contributed by atoms with Crippen LogP contribution in [0.3, 0.4) is 0 Å². The van der Waals surface area contributed by atoms with Crippen LogP contribution in [0.15, 0.2) is 48.5 Å². The molecule has 2 aromatic rings. The molecule has 0 atom stereocenters. The van der Waals surface area contributed by atoms with Crippen molar-refractivity contribution >= 4 is 23.7 Å². The molecule has 2 aliphatic rings. The van der Waals surface area contributed by atoms with Crippen LogP contribution in [-0.2, 0) is 0 Å². The van der Waals surface area contributed by atoms with E-state index in [9.17, 15) is 9.90 Å². The quantitative estimate of drug-likeness (QED) is 0.750. The summed E-state index contributed by atoms with van der Waals surface area (Å²) in [5.74, 6) is 0. The summed E-state index contributed by atoms with van der Waals surface area (Å²) < 4.78 is 0. The Kier molecular flexibility index (Phi) is 2.06. The summed E-state index contributed by atoms with van der Waals surface area (Å²) in [6, 6.07) is 15.6. The zero-order valence-electron chi connectivity index (χ0n) is 10.4. The molecule has 0 saturated heterocycles. The van der Waals surface area contributed by atoms with Gasteiger partial charge in [-0.25, -0.2) is 4.79 Å². The van der Waals surface area contributed by atoms with E-state index in [0.29, 0.717) is 0 Å². The van der Waals surface area contributed by atoms with Crippen LogP contribution in [0.4, 0.5) is 10.5 Å². The van der Waals surface area contributed by atoms with E-state index < -0.39 is 6.09 Å². The van der Waals surface area contributed by atoms with E-state index in [-0.39, 0.29) is 0 Å². The van der Waals surface area contributed by atoms with Crippen molar-refractivity contribution in [3.63, 3.8) is 0 Å². The molecule has 4 rings (SSSR count). The van der Waals surface area contributed by atoms with Crippen LogP contribution in [-0.4, -0.2) is 21.3 Å². The average Bonchev–Trinajstić information content (AvgIpc) is 2.85. The number of nitrogens with zero attached hydrogens (tertiary/aromatic N) is 2. The molecular weight excluding hydrogens is 254 g/mol. The average molecular weight is 265 g/mol. The maximum atomic E-state index is 11.5. The number of para-hydroxylation sites is 1. The lowest BCUT2D eigenvalue weighted by atomic mass is 10.1. The van der Waals surface area contributed by atoms with Crippen molar-refractivity contribution in [2.75, 3.05) is 5.43 Å². The van der Waals surface area contributed by atoms with Crippen LogP contribution in [0.1, 0.15) is 5.56 Å². The molecule has 2 aromatic carbocycles. The minimum Gasteiger partial charge on any atom is -0.463 e. The Balaban J connectivity index is 2.11. The predicted molar refractivity (Wildman–Crippen MR) is 74.4 cm³/mol. The van der Waals surface area contributed by atoms with Gasteiger partial charge in [-0.05, 0) is 6.07 Å². The van der Waals surface area contributed by atoms with Crippen molar-refractivity contribution in [1.29, 1.82) is 0 Å². The molecule has 5 nitrogen and oxygen atoms in total. The molecule has 98 valence electrons. The summed E-state index contributed by atoms with van der Waals surface area (Å²) in [6.07, 6.45) is 0.581. The van der Waals surface area contributed by atoms with Gasteiger partial charge >= 0.3 is 6.09 Å². The molecule has 2 heterocycles. The number of anilines is 1. The zero-order chi connectivity index (χ0) is 13.7. The van der Waals surface area contributed by atoms with E-state index in [2.05, 4.69) is 5.43 Å². The van der Waals surface area contributed by atoms with E-state index >= 15 is 0 Å². The summed E-state index contributed by atoms with van der Waals surface area (Å²) in [4.78, 5) is 11.5. The Hall–Kier alpha value is -2.95. The number of fused-ring (bicyclic) bond motifs is 4. The highest BCUT2D eigenvalue weighted by Gasteiger charge is 2.32. The third-order valence-corrected chi connectivity index (χ3v) is 3.51. The Morgan fingerprint density at radius 3 is 2.65 bits per heavy atom. The van der Waals surface area contributed by atoms with Gasteiger partial charge in [0, 0.05) is 22.2 Å². The highest BCUT2D eigenvalue weighted by atomic mass is 16.4. The number of nitrogens with one attached hydrogen (secondary N) is 1. The number of hydrogen-bond acceptors (Lipinski definition) is 3. The van der Waals surface area contributed by atoms with Crippen LogP contribution in [0, 0.1) is 0 Å². The Morgan fingerprint density at radius 2 is 1.80 bits per heavy atom. The predicted octanol–water partition coefficient (Wildman–Crippen LogP) is 1.13. The molecule has 2 N–H and O–H groups in total. The lowest BCUT2D eigenvalue weighted by Crippen LogP contribution is -2.50. The maximum Gasteiger partial charge on any atom is 0.432 e. The van der Waals surface area contributed by atoms with Crippen LogP contribution >= 0.6 is 0 Å². The Labute approximate surface area is 114 Å². The van der Waals surface area contributed by atoms with E-state index in [1.807, 2.05) is 48.5 Å². The lowest BCUT2D eigenvalue weighted by molar-refractivity contribution is 0.105. The van der Waals surface area contributed by atoms with Crippen molar-refractivity contribution < 1.29 is 9.90 Å². The molecule has 1 amide bonds. The molecule has 20 heavy (non-hydrogen) atoms. The molecule has 0 fully saturated rings. The van der Waals surface area contributed by atoms with Gasteiger partial charge in [-0.1, -0.05) is 42.5 Å². The number of hydrogen-bond donors (Lipinski definition) is 2. The third-order valence-electron chi connectivity index (χ3n) is 3.51. The van der Waals surface area contributed by atoms with Crippen molar-refractivity contribution in [2.45, 2.75) is 0 Å². The fourth-order valence-corrected chi connectivity index (χ4v) is 2.65. The summed E-state index contributed by atoms with van der Waals surface area (Å²) in [6.45, 7) is 0. The first-order chi connectivity index (χ1) is 9.75. The van der Waals surface area contributed by atoms with Gasteiger partial charge in [0.2, 0.25) is 0 Å². The van der Waals surface area contributed by atoms with E-state index in [1.54, 1.807) is 11.3 Å². The molecule has 0 radical (unpaired) electrons. The first kappa shape index (κ1) is 10.9. The van der Waals surface area contributed by atoms with Crippen molar-refractivity contribution in [3.8, 4) is 0 Å². The van der Waals surface area contributed by atoms with Gasteiger partial charge in [0.25, 0.3) is 0 Å². The van der Waals surface area contributed by atoms with Crippen LogP contribution < -0.4 is 15.9 Å². The van der Waals surface area contributed by atoms with Crippen molar-refractivity contribution in [2.24, 2.45) is 0 Å².